The first kappa shape index (κ1) is 23.3. The number of ether oxygens (including phenoxy) is 1. The second kappa shape index (κ2) is 10.8. The normalized spacial score (nSPS) is 24.6. The largest absolute Gasteiger partial charge is 0.494 e. The lowest BCUT2D eigenvalue weighted by Gasteiger charge is -2.35. The van der Waals surface area contributed by atoms with E-state index in [0.29, 0.717) is 6.61 Å². The number of aromatic nitrogens is 1. The van der Waals surface area contributed by atoms with Crippen molar-refractivity contribution in [2.24, 2.45) is 17.8 Å². The highest BCUT2D eigenvalue weighted by Crippen LogP contribution is 2.33. The molecule has 4 rings (SSSR count). The van der Waals surface area contributed by atoms with Crippen LogP contribution in [0.4, 0.5) is 5.13 Å². The molecule has 0 radical (unpaired) electrons. The van der Waals surface area contributed by atoms with Gasteiger partial charge in [-0.15, -0.1) is 0 Å². The van der Waals surface area contributed by atoms with Crippen LogP contribution >= 0.6 is 11.3 Å². The quantitative estimate of drug-likeness (QED) is 0.595. The molecule has 1 aromatic carbocycles. The van der Waals surface area contributed by atoms with Gasteiger partial charge < -0.3 is 19.9 Å². The fourth-order valence-electron chi connectivity index (χ4n) is 5.28. The summed E-state index contributed by atoms with van der Waals surface area (Å²) < 4.78 is 6.76. The van der Waals surface area contributed by atoms with E-state index >= 15 is 0 Å². The monoisotopic (exact) mass is 458 g/mol. The smallest absolute Gasteiger partial charge is 0.224 e. The number of benzene rings is 1. The molecule has 176 valence electrons. The Balaban J connectivity index is 1.26. The van der Waals surface area contributed by atoms with Crippen molar-refractivity contribution >= 4 is 32.6 Å². The van der Waals surface area contributed by atoms with Crippen molar-refractivity contribution in [3.63, 3.8) is 0 Å². The van der Waals surface area contributed by atoms with Gasteiger partial charge in [0.25, 0.3) is 0 Å². The Bertz CT molecular complexity index is 891. The summed E-state index contributed by atoms with van der Waals surface area (Å²) in [5.74, 6) is 2.71. The number of nitrogens with one attached hydrogen (secondary N) is 1. The predicted molar refractivity (Wildman–Crippen MR) is 133 cm³/mol. The first-order valence-corrected chi connectivity index (χ1v) is 13.1. The highest BCUT2D eigenvalue weighted by atomic mass is 32.1. The lowest BCUT2D eigenvalue weighted by molar-refractivity contribution is -0.125. The number of amides is 1. The second-order valence-corrected chi connectivity index (χ2v) is 10.7. The van der Waals surface area contributed by atoms with Gasteiger partial charge in [-0.1, -0.05) is 25.2 Å². The maximum absolute atomic E-state index is 12.8. The molecule has 2 aromatic rings. The Morgan fingerprint density at radius 1 is 1.25 bits per heavy atom. The Kier molecular flexibility index (Phi) is 7.89. The molecule has 2 fully saturated rings. The van der Waals surface area contributed by atoms with Gasteiger partial charge in [0.15, 0.2) is 5.13 Å². The molecular formula is C25H38N4O2S. The number of piperidine rings is 2. The number of rotatable bonds is 8. The molecule has 3 atom stereocenters. The van der Waals surface area contributed by atoms with Crippen LogP contribution in [0.2, 0.25) is 0 Å². The minimum atomic E-state index is 0.0461. The Morgan fingerprint density at radius 2 is 2.06 bits per heavy atom. The molecule has 0 spiro atoms. The predicted octanol–water partition coefficient (Wildman–Crippen LogP) is 4.40. The van der Waals surface area contributed by atoms with E-state index in [1.165, 1.54) is 19.5 Å². The third kappa shape index (κ3) is 5.93. The fraction of sp³-hybridized carbons (Fsp3) is 0.680. The minimum Gasteiger partial charge on any atom is -0.494 e. The Labute approximate surface area is 196 Å². The first-order chi connectivity index (χ1) is 15.5. The maximum Gasteiger partial charge on any atom is 0.224 e. The number of carbonyl (C=O) groups is 1. The van der Waals surface area contributed by atoms with E-state index in [-0.39, 0.29) is 11.8 Å². The van der Waals surface area contributed by atoms with Gasteiger partial charge in [-0.3, -0.25) is 4.79 Å². The summed E-state index contributed by atoms with van der Waals surface area (Å²) in [6.45, 7) is 13.3. The molecule has 2 aliphatic rings. The highest BCUT2D eigenvalue weighted by Gasteiger charge is 2.27. The van der Waals surface area contributed by atoms with Crippen LogP contribution in [0.25, 0.3) is 10.2 Å². The topological polar surface area (TPSA) is 57.7 Å². The summed E-state index contributed by atoms with van der Waals surface area (Å²) in [7, 11) is 0. The van der Waals surface area contributed by atoms with Gasteiger partial charge in [0, 0.05) is 32.7 Å². The zero-order valence-electron chi connectivity index (χ0n) is 19.8. The summed E-state index contributed by atoms with van der Waals surface area (Å²) in [5, 5.41) is 4.22. The van der Waals surface area contributed by atoms with Crippen LogP contribution in [0.15, 0.2) is 18.2 Å². The number of thiazole rings is 1. The van der Waals surface area contributed by atoms with Crippen LogP contribution in [0, 0.1) is 17.8 Å². The summed E-state index contributed by atoms with van der Waals surface area (Å²) in [4.78, 5) is 22.5. The van der Waals surface area contributed by atoms with E-state index < -0.39 is 0 Å². The zero-order valence-corrected chi connectivity index (χ0v) is 20.6. The summed E-state index contributed by atoms with van der Waals surface area (Å²) in [6.07, 6.45) is 4.36. The molecule has 1 N–H and O–H groups in total. The zero-order chi connectivity index (χ0) is 22.5. The van der Waals surface area contributed by atoms with Gasteiger partial charge in [0.05, 0.1) is 22.7 Å². The Morgan fingerprint density at radius 3 is 2.84 bits per heavy atom. The minimum absolute atomic E-state index is 0.0461. The van der Waals surface area contributed by atoms with E-state index in [2.05, 4.69) is 35.0 Å². The first-order valence-electron chi connectivity index (χ1n) is 12.3. The molecule has 3 heterocycles. The molecule has 0 unspecified atom stereocenters. The molecule has 2 saturated heterocycles. The van der Waals surface area contributed by atoms with Crippen LogP contribution in [0.1, 0.15) is 46.5 Å². The van der Waals surface area contributed by atoms with Gasteiger partial charge in [-0.25, -0.2) is 4.98 Å². The van der Waals surface area contributed by atoms with E-state index in [0.717, 1.165) is 78.4 Å². The summed E-state index contributed by atoms with van der Waals surface area (Å²) in [5.41, 5.74) is 1.00. The molecule has 1 aromatic heterocycles. The van der Waals surface area contributed by atoms with Crippen molar-refractivity contribution in [1.82, 2.24) is 15.2 Å². The van der Waals surface area contributed by atoms with E-state index in [1.807, 2.05) is 19.1 Å². The van der Waals surface area contributed by atoms with Crippen molar-refractivity contribution < 1.29 is 9.53 Å². The lowest BCUT2D eigenvalue weighted by Crippen LogP contribution is -2.44. The maximum atomic E-state index is 12.8. The molecule has 7 heteroatoms. The fourth-order valence-corrected chi connectivity index (χ4v) is 6.31. The standard InChI is InChI=1S/C25H38N4O2S/c1-4-31-21-8-9-22-23(14-21)32-25(27-22)29-12-5-7-20(17-29)24(30)26-10-6-11-28-15-18(2)13-19(3)16-28/h8-9,14,18-20H,4-7,10-13,15-17H2,1-3H3,(H,26,30)/t18-,19-,20+/m1/s1. The molecule has 0 aliphatic carbocycles. The number of hydrogen-bond acceptors (Lipinski definition) is 6. The molecule has 6 nitrogen and oxygen atoms in total. The van der Waals surface area contributed by atoms with Gasteiger partial charge in [-0.05, 0) is 69.2 Å². The number of anilines is 1. The van der Waals surface area contributed by atoms with Crippen molar-refractivity contribution in [3.05, 3.63) is 18.2 Å². The molecule has 0 bridgehead atoms. The van der Waals surface area contributed by atoms with E-state index in [9.17, 15) is 4.79 Å². The van der Waals surface area contributed by atoms with E-state index in [1.54, 1.807) is 11.3 Å². The second-order valence-electron chi connectivity index (χ2n) is 9.69. The van der Waals surface area contributed by atoms with Gasteiger partial charge in [-0.2, -0.15) is 0 Å². The van der Waals surface area contributed by atoms with E-state index in [4.69, 9.17) is 9.72 Å². The number of hydrogen-bond donors (Lipinski definition) is 1. The lowest BCUT2D eigenvalue weighted by atomic mass is 9.92. The van der Waals surface area contributed by atoms with Crippen LogP contribution < -0.4 is 15.0 Å². The highest BCUT2D eigenvalue weighted by molar-refractivity contribution is 7.22. The third-order valence-corrected chi connectivity index (χ3v) is 7.70. The number of fused-ring (bicyclic) bond motifs is 1. The molecule has 1 amide bonds. The third-order valence-electron chi connectivity index (χ3n) is 6.62. The van der Waals surface area contributed by atoms with Gasteiger partial charge >= 0.3 is 0 Å². The van der Waals surface area contributed by atoms with Crippen LogP contribution in [-0.4, -0.2) is 61.7 Å². The average molecular weight is 459 g/mol. The summed E-state index contributed by atoms with van der Waals surface area (Å²) >= 11 is 1.69. The van der Waals surface area contributed by atoms with Gasteiger partial charge in [0.2, 0.25) is 5.91 Å². The van der Waals surface area contributed by atoms with Crippen LogP contribution in [0.3, 0.4) is 0 Å². The number of carbonyl (C=O) groups excluding carboxylic acids is 1. The number of likely N-dealkylation sites (tertiary alicyclic amines) is 1. The van der Waals surface area contributed by atoms with Crippen molar-refractivity contribution in [2.75, 3.05) is 50.8 Å². The molecule has 2 aliphatic heterocycles. The van der Waals surface area contributed by atoms with Crippen LogP contribution in [0.5, 0.6) is 5.75 Å². The average Bonchev–Trinajstić information content (AvgIpc) is 3.20. The van der Waals surface area contributed by atoms with Crippen molar-refractivity contribution in [3.8, 4) is 5.75 Å². The number of nitrogens with zero attached hydrogens (tertiary/aromatic N) is 3. The summed E-state index contributed by atoms with van der Waals surface area (Å²) in [6, 6.07) is 6.07. The SMILES string of the molecule is CCOc1ccc2nc(N3CCC[C@H](C(=O)NCCCN4C[C@H](C)C[C@@H](C)C4)C3)sc2c1. The molecule has 0 saturated carbocycles. The molecular weight excluding hydrogens is 420 g/mol. The Hall–Kier alpha value is -1.86. The van der Waals surface area contributed by atoms with Crippen LogP contribution in [-0.2, 0) is 4.79 Å². The van der Waals surface area contributed by atoms with Crippen molar-refractivity contribution in [1.29, 1.82) is 0 Å². The molecule has 32 heavy (non-hydrogen) atoms. The van der Waals surface area contributed by atoms with Gasteiger partial charge in [0.1, 0.15) is 5.75 Å². The van der Waals surface area contributed by atoms with Crippen molar-refractivity contribution in [2.45, 2.75) is 46.5 Å².